The number of carbonyl (C=O) groups excluding carboxylic acids is 1. The topological polar surface area (TPSA) is 41.5 Å². The molecule has 0 aliphatic carbocycles. The molecule has 1 aliphatic rings. The summed E-state index contributed by atoms with van der Waals surface area (Å²) in [6.07, 6.45) is 0. The molecular weight excluding hydrogens is 387 g/mol. The van der Waals surface area contributed by atoms with Crippen molar-refractivity contribution in [3.63, 3.8) is 0 Å². The summed E-state index contributed by atoms with van der Waals surface area (Å²) < 4.78 is 0.792. The Kier molecular flexibility index (Phi) is 4.02. The Hall–Kier alpha value is -1.36. The molecule has 3 nitrogen and oxygen atoms in total. The number of aryl methyl sites for hydroxylation is 1. The monoisotopic (exact) mass is 396 g/mol. The van der Waals surface area contributed by atoms with Crippen LogP contribution in [0, 0.1) is 13.8 Å². The van der Waals surface area contributed by atoms with Gasteiger partial charge in [0.25, 0.3) is 5.91 Å². The average Bonchev–Trinajstić information content (AvgIpc) is 2.82. The van der Waals surface area contributed by atoms with Crippen LogP contribution in [0.5, 0.6) is 0 Å². The highest BCUT2D eigenvalue weighted by molar-refractivity contribution is 9.10. The van der Waals surface area contributed by atoms with Crippen molar-refractivity contribution >= 4 is 62.1 Å². The molecule has 2 aromatic rings. The predicted octanol–water partition coefficient (Wildman–Crippen LogP) is 5.45. The third-order valence-corrected chi connectivity index (χ3v) is 5.29. The van der Waals surface area contributed by atoms with Crippen LogP contribution in [-0.2, 0) is 4.79 Å². The molecule has 0 spiro atoms. The van der Waals surface area contributed by atoms with E-state index in [2.05, 4.69) is 26.2 Å². The second-order valence-electron chi connectivity index (χ2n) is 5.03. The quantitative estimate of drug-likeness (QED) is 0.683. The highest BCUT2D eigenvalue weighted by atomic mass is 79.9. The van der Waals surface area contributed by atoms with Crippen LogP contribution >= 0.6 is 39.1 Å². The van der Waals surface area contributed by atoms with Gasteiger partial charge in [0.1, 0.15) is 5.71 Å². The maximum absolute atomic E-state index is 12.3. The van der Waals surface area contributed by atoms with Gasteiger partial charge in [-0.15, -0.1) is 0 Å². The molecule has 0 aromatic heterocycles. The van der Waals surface area contributed by atoms with Gasteiger partial charge in [0.05, 0.1) is 21.4 Å². The molecule has 0 atom stereocenters. The average molecular weight is 398 g/mol. The van der Waals surface area contributed by atoms with E-state index in [-0.39, 0.29) is 5.91 Å². The lowest BCUT2D eigenvalue weighted by atomic mass is 10.1. The smallest absolute Gasteiger partial charge is 0.275 e. The molecule has 0 unspecified atom stereocenters. The Morgan fingerprint density at radius 2 is 1.86 bits per heavy atom. The SMILES string of the molecule is Cc1ccc(Cl)c2c1NC(=O)C2=Nc1ccc(Br)c(Cl)c1C. The number of halogens is 3. The van der Waals surface area contributed by atoms with E-state index in [1.54, 1.807) is 12.1 Å². The van der Waals surface area contributed by atoms with Crippen molar-refractivity contribution in [1.29, 1.82) is 0 Å². The number of hydrogen-bond donors (Lipinski definition) is 1. The molecular formula is C16H11BrCl2N2O. The number of nitrogens with one attached hydrogen (secondary N) is 1. The summed E-state index contributed by atoms with van der Waals surface area (Å²) in [6, 6.07) is 7.26. The van der Waals surface area contributed by atoms with Gasteiger partial charge >= 0.3 is 0 Å². The number of carbonyl (C=O) groups is 1. The summed E-state index contributed by atoms with van der Waals surface area (Å²) in [4.78, 5) is 16.8. The van der Waals surface area contributed by atoms with E-state index >= 15 is 0 Å². The van der Waals surface area contributed by atoms with E-state index in [1.165, 1.54) is 0 Å². The number of benzene rings is 2. The molecule has 0 fully saturated rings. The molecule has 0 saturated heterocycles. The van der Waals surface area contributed by atoms with E-state index in [9.17, 15) is 4.79 Å². The number of hydrogen-bond acceptors (Lipinski definition) is 2. The van der Waals surface area contributed by atoms with E-state index < -0.39 is 0 Å². The Morgan fingerprint density at radius 1 is 1.14 bits per heavy atom. The Balaban J connectivity index is 2.21. The van der Waals surface area contributed by atoms with Gasteiger partial charge in [-0.1, -0.05) is 29.3 Å². The van der Waals surface area contributed by atoms with Gasteiger partial charge in [0, 0.05) is 10.0 Å². The van der Waals surface area contributed by atoms with E-state index in [1.807, 2.05) is 26.0 Å². The standard InChI is InChI=1S/C16H11BrCl2N2O/c1-7-3-5-10(18)12-14(7)21-16(22)15(12)20-11-6-4-9(17)13(19)8(11)2/h3-6H,1-2H3,(H,20,21,22). The van der Waals surface area contributed by atoms with Crippen LogP contribution in [0.1, 0.15) is 16.7 Å². The summed E-state index contributed by atoms with van der Waals surface area (Å²) >= 11 is 15.8. The summed E-state index contributed by atoms with van der Waals surface area (Å²) in [7, 11) is 0. The second kappa shape index (κ2) is 5.69. The molecule has 0 saturated carbocycles. The lowest BCUT2D eigenvalue weighted by Gasteiger charge is -2.07. The molecule has 2 aromatic carbocycles. The fourth-order valence-corrected chi connectivity index (χ4v) is 3.19. The zero-order valence-corrected chi connectivity index (χ0v) is 14.9. The molecule has 1 N–H and O–H groups in total. The number of rotatable bonds is 1. The summed E-state index contributed by atoms with van der Waals surface area (Å²) in [5.74, 6) is -0.260. The van der Waals surface area contributed by atoms with Crippen molar-refractivity contribution in [2.75, 3.05) is 5.32 Å². The number of amides is 1. The van der Waals surface area contributed by atoms with Gasteiger partial charge in [-0.05, 0) is 59.1 Å². The van der Waals surface area contributed by atoms with Gasteiger partial charge in [-0.25, -0.2) is 4.99 Å². The zero-order valence-electron chi connectivity index (χ0n) is 11.8. The van der Waals surface area contributed by atoms with Crippen LogP contribution in [0.15, 0.2) is 33.7 Å². The maximum atomic E-state index is 12.3. The highest BCUT2D eigenvalue weighted by Gasteiger charge is 2.30. The fourth-order valence-electron chi connectivity index (χ4n) is 2.35. The van der Waals surface area contributed by atoms with E-state index in [0.29, 0.717) is 27.0 Å². The van der Waals surface area contributed by atoms with Gasteiger partial charge < -0.3 is 5.32 Å². The lowest BCUT2D eigenvalue weighted by molar-refractivity contribution is -0.110. The van der Waals surface area contributed by atoms with Crippen LogP contribution < -0.4 is 5.32 Å². The van der Waals surface area contributed by atoms with Crippen molar-refractivity contribution in [3.05, 3.63) is 55.5 Å². The molecule has 3 rings (SSSR count). The molecule has 1 aliphatic heterocycles. The minimum atomic E-state index is -0.260. The van der Waals surface area contributed by atoms with Gasteiger partial charge in [0.15, 0.2) is 0 Å². The largest absolute Gasteiger partial charge is 0.320 e. The molecule has 22 heavy (non-hydrogen) atoms. The molecule has 0 radical (unpaired) electrons. The number of nitrogens with zero attached hydrogens (tertiary/aromatic N) is 1. The van der Waals surface area contributed by atoms with Crippen molar-refractivity contribution < 1.29 is 4.79 Å². The number of fused-ring (bicyclic) bond motifs is 1. The zero-order chi connectivity index (χ0) is 16.0. The van der Waals surface area contributed by atoms with Crippen molar-refractivity contribution in [1.82, 2.24) is 0 Å². The van der Waals surface area contributed by atoms with Crippen LogP contribution in [0.25, 0.3) is 0 Å². The van der Waals surface area contributed by atoms with Gasteiger partial charge in [-0.3, -0.25) is 4.79 Å². The van der Waals surface area contributed by atoms with Crippen molar-refractivity contribution in [3.8, 4) is 0 Å². The van der Waals surface area contributed by atoms with Crippen molar-refractivity contribution in [2.24, 2.45) is 4.99 Å². The second-order valence-corrected chi connectivity index (χ2v) is 6.67. The normalized spacial score (nSPS) is 15.1. The minimum Gasteiger partial charge on any atom is -0.320 e. The molecule has 112 valence electrons. The van der Waals surface area contributed by atoms with Crippen LogP contribution in [0.4, 0.5) is 11.4 Å². The third kappa shape index (κ3) is 2.45. The first-order valence-electron chi connectivity index (χ1n) is 6.54. The summed E-state index contributed by atoms with van der Waals surface area (Å²) in [6.45, 7) is 3.78. The molecule has 0 bridgehead atoms. The minimum absolute atomic E-state index is 0.260. The van der Waals surface area contributed by atoms with E-state index in [0.717, 1.165) is 21.3 Å². The maximum Gasteiger partial charge on any atom is 0.275 e. The van der Waals surface area contributed by atoms with Crippen LogP contribution in [-0.4, -0.2) is 11.6 Å². The van der Waals surface area contributed by atoms with E-state index in [4.69, 9.17) is 23.2 Å². The Bertz CT molecular complexity index is 847. The lowest BCUT2D eigenvalue weighted by Crippen LogP contribution is -2.14. The Labute approximate surface area is 146 Å². The van der Waals surface area contributed by atoms with Crippen LogP contribution in [0.2, 0.25) is 10.0 Å². The van der Waals surface area contributed by atoms with Crippen LogP contribution in [0.3, 0.4) is 0 Å². The third-order valence-electron chi connectivity index (χ3n) is 3.60. The molecule has 1 heterocycles. The highest BCUT2D eigenvalue weighted by Crippen LogP contribution is 2.37. The number of aliphatic imine (C=N–C) groups is 1. The predicted molar refractivity (Wildman–Crippen MR) is 94.9 cm³/mol. The first-order valence-corrected chi connectivity index (χ1v) is 8.09. The molecule has 6 heteroatoms. The van der Waals surface area contributed by atoms with Crippen molar-refractivity contribution in [2.45, 2.75) is 13.8 Å². The Morgan fingerprint density at radius 3 is 2.59 bits per heavy atom. The summed E-state index contributed by atoms with van der Waals surface area (Å²) in [5, 5.41) is 3.90. The van der Waals surface area contributed by atoms with Gasteiger partial charge in [0.2, 0.25) is 0 Å². The molecule has 1 amide bonds. The fraction of sp³-hybridized carbons (Fsp3) is 0.125. The number of anilines is 1. The van der Waals surface area contributed by atoms with Gasteiger partial charge in [-0.2, -0.15) is 0 Å². The first-order chi connectivity index (χ1) is 10.4. The first kappa shape index (κ1) is 15.5. The summed E-state index contributed by atoms with van der Waals surface area (Å²) in [5.41, 5.74) is 4.06.